The molecule has 2 rings (SSSR count). The minimum absolute atomic E-state index is 0.124. The summed E-state index contributed by atoms with van der Waals surface area (Å²) in [5, 5.41) is 0. The van der Waals surface area contributed by atoms with Gasteiger partial charge in [0.1, 0.15) is 5.78 Å². The second-order valence-corrected chi connectivity index (χ2v) is 4.24. The van der Waals surface area contributed by atoms with Crippen molar-refractivity contribution in [3.63, 3.8) is 0 Å². The fraction of sp³-hybridized carbons (Fsp3) is 0.889. The van der Waals surface area contributed by atoms with Crippen LogP contribution in [-0.2, 0) is 4.79 Å². The Balaban J connectivity index is 2.31. The van der Waals surface area contributed by atoms with Crippen molar-refractivity contribution < 1.29 is 4.79 Å². The molecule has 0 N–H and O–H groups in total. The maximum absolute atomic E-state index is 11.5. The highest BCUT2D eigenvalue weighted by Crippen LogP contribution is 2.65. The predicted molar refractivity (Wildman–Crippen MR) is 39.5 cm³/mol. The molecule has 0 spiro atoms. The first-order valence-electron chi connectivity index (χ1n) is 4.11. The van der Waals surface area contributed by atoms with Crippen LogP contribution in [-0.4, -0.2) is 5.78 Å². The van der Waals surface area contributed by atoms with Gasteiger partial charge in [0.2, 0.25) is 0 Å². The van der Waals surface area contributed by atoms with Gasteiger partial charge in [-0.25, -0.2) is 0 Å². The van der Waals surface area contributed by atoms with Crippen LogP contribution in [0.2, 0.25) is 0 Å². The lowest BCUT2D eigenvalue weighted by Gasteiger charge is -2.10. The summed E-state index contributed by atoms with van der Waals surface area (Å²) in [7, 11) is 0. The molecule has 0 aromatic carbocycles. The van der Waals surface area contributed by atoms with Crippen molar-refractivity contribution in [2.45, 2.75) is 27.2 Å². The minimum atomic E-state index is 0.124. The van der Waals surface area contributed by atoms with Gasteiger partial charge in [-0.05, 0) is 18.3 Å². The van der Waals surface area contributed by atoms with Gasteiger partial charge in [0.15, 0.2) is 0 Å². The smallest absolute Gasteiger partial charge is 0.142 e. The summed E-state index contributed by atoms with van der Waals surface area (Å²) in [4.78, 5) is 11.5. The van der Waals surface area contributed by atoms with Gasteiger partial charge in [0.25, 0.3) is 0 Å². The lowest BCUT2D eigenvalue weighted by molar-refractivity contribution is -0.125. The number of Topliss-reactive ketones (excluding diaryl/α,β-unsaturated/α-hetero) is 1. The lowest BCUT2D eigenvalue weighted by Crippen LogP contribution is -2.17. The summed E-state index contributed by atoms with van der Waals surface area (Å²) in [6.45, 7) is 6.41. The average Bonchev–Trinajstić information content (AvgIpc) is 2.54. The van der Waals surface area contributed by atoms with Crippen molar-refractivity contribution in [2.75, 3.05) is 0 Å². The average molecular weight is 138 g/mol. The third kappa shape index (κ3) is 0.480. The first kappa shape index (κ1) is 6.38. The van der Waals surface area contributed by atoms with E-state index in [0.717, 1.165) is 12.3 Å². The van der Waals surface area contributed by atoms with E-state index >= 15 is 0 Å². The van der Waals surface area contributed by atoms with E-state index < -0.39 is 0 Å². The first-order valence-corrected chi connectivity index (χ1v) is 4.11. The Hall–Kier alpha value is -0.330. The molecule has 0 radical (unpaired) electrons. The van der Waals surface area contributed by atoms with Crippen LogP contribution in [0.3, 0.4) is 0 Å². The molecule has 1 nitrogen and oxygen atoms in total. The van der Waals surface area contributed by atoms with Crippen LogP contribution in [0.25, 0.3) is 0 Å². The molecule has 56 valence electrons. The van der Waals surface area contributed by atoms with Gasteiger partial charge in [0.05, 0.1) is 0 Å². The zero-order valence-corrected chi connectivity index (χ0v) is 6.85. The van der Waals surface area contributed by atoms with Crippen LogP contribution < -0.4 is 0 Å². The standard InChI is InChI=1S/C9H14O/c1-5-6(2)8(10)9(3)4-7(5)9/h5-7H,4H2,1-3H3. The molecule has 1 heteroatoms. The Labute approximate surface area is 61.8 Å². The maximum Gasteiger partial charge on any atom is 0.142 e. The van der Waals surface area contributed by atoms with Gasteiger partial charge in [-0.2, -0.15) is 0 Å². The molecule has 0 amide bonds. The highest BCUT2D eigenvalue weighted by atomic mass is 16.1. The van der Waals surface area contributed by atoms with Crippen molar-refractivity contribution in [2.24, 2.45) is 23.2 Å². The number of hydrogen-bond donors (Lipinski definition) is 0. The quantitative estimate of drug-likeness (QED) is 0.499. The Morgan fingerprint density at radius 1 is 1.50 bits per heavy atom. The molecule has 0 heterocycles. The molecule has 4 atom stereocenters. The third-order valence-corrected chi connectivity index (χ3v) is 3.70. The van der Waals surface area contributed by atoms with Gasteiger partial charge >= 0.3 is 0 Å². The van der Waals surface area contributed by atoms with Gasteiger partial charge < -0.3 is 0 Å². The van der Waals surface area contributed by atoms with E-state index in [1.165, 1.54) is 0 Å². The number of carbonyl (C=O) groups excluding carboxylic acids is 1. The van der Waals surface area contributed by atoms with Gasteiger partial charge in [-0.1, -0.05) is 20.8 Å². The molecule has 0 aromatic heterocycles. The number of ketones is 1. The van der Waals surface area contributed by atoms with Crippen molar-refractivity contribution in [3.8, 4) is 0 Å². The zero-order valence-electron chi connectivity index (χ0n) is 6.85. The van der Waals surface area contributed by atoms with Gasteiger partial charge in [-0.3, -0.25) is 4.79 Å². The molecule has 10 heavy (non-hydrogen) atoms. The molecule has 4 unspecified atom stereocenters. The molecule has 0 saturated heterocycles. The molecule has 2 fully saturated rings. The van der Waals surface area contributed by atoms with Crippen molar-refractivity contribution in [1.82, 2.24) is 0 Å². The topological polar surface area (TPSA) is 17.1 Å². The van der Waals surface area contributed by atoms with Crippen LogP contribution in [0.15, 0.2) is 0 Å². The summed E-state index contributed by atoms with van der Waals surface area (Å²) in [6.07, 6.45) is 1.16. The van der Waals surface area contributed by atoms with Crippen LogP contribution >= 0.6 is 0 Å². The summed E-state index contributed by atoms with van der Waals surface area (Å²) in [5.74, 6) is 2.24. The Morgan fingerprint density at radius 2 is 2.10 bits per heavy atom. The molecule has 0 aromatic rings. The second-order valence-electron chi connectivity index (χ2n) is 4.24. The fourth-order valence-electron chi connectivity index (χ4n) is 2.55. The molecule has 2 aliphatic carbocycles. The molecular formula is C9H14O. The SMILES string of the molecule is CC1C(=O)C2(C)CC2C1C. The van der Waals surface area contributed by atoms with Crippen LogP contribution in [0, 0.1) is 23.2 Å². The third-order valence-electron chi connectivity index (χ3n) is 3.70. The predicted octanol–water partition coefficient (Wildman–Crippen LogP) is 1.87. The zero-order chi connectivity index (χ0) is 7.52. The van der Waals surface area contributed by atoms with Crippen molar-refractivity contribution >= 4 is 5.78 Å². The van der Waals surface area contributed by atoms with E-state index in [0.29, 0.717) is 17.6 Å². The van der Waals surface area contributed by atoms with E-state index in [2.05, 4.69) is 20.8 Å². The molecule has 0 bridgehead atoms. The van der Waals surface area contributed by atoms with E-state index in [1.54, 1.807) is 0 Å². The second kappa shape index (κ2) is 1.46. The summed E-state index contributed by atoms with van der Waals surface area (Å²) in [6, 6.07) is 0. The van der Waals surface area contributed by atoms with Crippen molar-refractivity contribution in [1.29, 1.82) is 0 Å². The Bertz CT molecular complexity index is 197. The largest absolute Gasteiger partial charge is 0.299 e. The molecular weight excluding hydrogens is 124 g/mol. The number of hydrogen-bond acceptors (Lipinski definition) is 1. The fourth-order valence-corrected chi connectivity index (χ4v) is 2.55. The monoisotopic (exact) mass is 138 g/mol. The highest BCUT2D eigenvalue weighted by Gasteiger charge is 2.65. The normalized spacial score (nSPS) is 58.7. The van der Waals surface area contributed by atoms with Gasteiger partial charge in [-0.15, -0.1) is 0 Å². The van der Waals surface area contributed by atoms with E-state index in [1.807, 2.05) is 0 Å². The van der Waals surface area contributed by atoms with E-state index in [-0.39, 0.29) is 5.41 Å². The maximum atomic E-state index is 11.5. The van der Waals surface area contributed by atoms with Gasteiger partial charge in [0, 0.05) is 11.3 Å². The summed E-state index contributed by atoms with van der Waals surface area (Å²) < 4.78 is 0. The number of carbonyl (C=O) groups is 1. The number of fused-ring (bicyclic) bond motifs is 1. The van der Waals surface area contributed by atoms with Crippen LogP contribution in [0.4, 0.5) is 0 Å². The summed E-state index contributed by atoms with van der Waals surface area (Å²) >= 11 is 0. The molecule has 0 aliphatic heterocycles. The highest BCUT2D eigenvalue weighted by molar-refractivity contribution is 5.92. The Kier molecular flexibility index (Phi) is 0.934. The lowest BCUT2D eigenvalue weighted by atomic mass is 9.93. The van der Waals surface area contributed by atoms with E-state index in [4.69, 9.17) is 0 Å². The Morgan fingerprint density at radius 3 is 2.30 bits per heavy atom. The summed E-state index contributed by atoms with van der Waals surface area (Å²) in [5.41, 5.74) is 0.124. The number of rotatable bonds is 0. The van der Waals surface area contributed by atoms with Crippen molar-refractivity contribution in [3.05, 3.63) is 0 Å². The van der Waals surface area contributed by atoms with Crippen LogP contribution in [0.5, 0.6) is 0 Å². The molecule has 2 aliphatic rings. The van der Waals surface area contributed by atoms with E-state index in [9.17, 15) is 4.79 Å². The minimum Gasteiger partial charge on any atom is -0.299 e. The molecule has 2 saturated carbocycles. The first-order chi connectivity index (χ1) is 4.57. The van der Waals surface area contributed by atoms with Crippen LogP contribution in [0.1, 0.15) is 27.2 Å².